The Morgan fingerprint density at radius 3 is 2.55 bits per heavy atom. The summed E-state index contributed by atoms with van der Waals surface area (Å²) in [4.78, 5) is 25.1. The Balaban J connectivity index is 2.02. The SMILES string of the molecule is COCC1CCN(C(=O)c2cccc(C(=O)O)c2)CC1. The third kappa shape index (κ3) is 3.36. The molecule has 0 aromatic heterocycles. The maximum atomic E-state index is 12.3. The Kier molecular flexibility index (Phi) is 4.74. The van der Waals surface area contributed by atoms with Crippen LogP contribution in [0.3, 0.4) is 0 Å². The molecule has 0 radical (unpaired) electrons. The van der Waals surface area contributed by atoms with Crippen molar-refractivity contribution in [2.24, 2.45) is 5.92 Å². The number of carbonyl (C=O) groups is 2. The number of carboxylic acids is 1. The van der Waals surface area contributed by atoms with Crippen LogP contribution in [0, 0.1) is 5.92 Å². The number of benzene rings is 1. The Bertz CT molecular complexity index is 492. The molecule has 0 bridgehead atoms. The lowest BCUT2D eigenvalue weighted by molar-refractivity contribution is 0.0613. The Morgan fingerprint density at radius 1 is 1.30 bits per heavy atom. The highest BCUT2D eigenvalue weighted by Crippen LogP contribution is 2.19. The highest BCUT2D eigenvalue weighted by molar-refractivity contribution is 5.97. The topological polar surface area (TPSA) is 66.8 Å². The van der Waals surface area contributed by atoms with Gasteiger partial charge in [0, 0.05) is 32.4 Å². The van der Waals surface area contributed by atoms with Crippen LogP contribution in [0.2, 0.25) is 0 Å². The molecule has 1 aromatic rings. The van der Waals surface area contributed by atoms with Crippen molar-refractivity contribution in [3.63, 3.8) is 0 Å². The van der Waals surface area contributed by atoms with E-state index in [1.165, 1.54) is 12.1 Å². The van der Waals surface area contributed by atoms with Gasteiger partial charge in [-0.15, -0.1) is 0 Å². The van der Waals surface area contributed by atoms with E-state index >= 15 is 0 Å². The summed E-state index contributed by atoms with van der Waals surface area (Å²) in [6.45, 7) is 2.13. The van der Waals surface area contributed by atoms with Gasteiger partial charge in [-0.2, -0.15) is 0 Å². The number of carbonyl (C=O) groups excluding carboxylic acids is 1. The molecule has 2 rings (SSSR count). The molecule has 20 heavy (non-hydrogen) atoms. The average molecular weight is 277 g/mol. The number of hydrogen-bond donors (Lipinski definition) is 1. The number of rotatable bonds is 4. The van der Waals surface area contributed by atoms with Gasteiger partial charge in [0.1, 0.15) is 0 Å². The van der Waals surface area contributed by atoms with Crippen molar-refractivity contribution >= 4 is 11.9 Å². The van der Waals surface area contributed by atoms with Gasteiger partial charge in [0.25, 0.3) is 5.91 Å². The molecule has 1 aliphatic rings. The normalized spacial score (nSPS) is 16.1. The third-order valence-corrected chi connectivity index (χ3v) is 3.66. The molecule has 5 heteroatoms. The van der Waals surface area contributed by atoms with Gasteiger partial charge in [-0.3, -0.25) is 4.79 Å². The highest BCUT2D eigenvalue weighted by atomic mass is 16.5. The van der Waals surface area contributed by atoms with E-state index in [1.54, 1.807) is 24.1 Å². The fraction of sp³-hybridized carbons (Fsp3) is 0.467. The summed E-state index contributed by atoms with van der Waals surface area (Å²) in [6, 6.07) is 6.19. The van der Waals surface area contributed by atoms with Crippen molar-refractivity contribution in [3.05, 3.63) is 35.4 Å². The van der Waals surface area contributed by atoms with E-state index in [2.05, 4.69) is 0 Å². The fourth-order valence-electron chi connectivity index (χ4n) is 2.51. The minimum atomic E-state index is -1.02. The second-order valence-corrected chi connectivity index (χ2v) is 5.08. The van der Waals surface area contributed by atoms with Crippen molar-refractivity contribution in [1.82, 2.24) is 4.90 Å². The molecule has 1 N–H and O–H groups in total. The number of ether oxygens (including phenoxy) is 1. The van der Waals surface area contributed by atoms with E-state index in [0.717, 1.165) is 19.4 Å². The highest BCUT2D eigenvalue weighted by Gasteiger charge is 2.23. The molecule has 0 unspecified atom stereocenters. The number of likely N-dealkylation sites (tertiary alicyclic amines) is 1. The van der Waals surface area contributed by atoms with Gasteiger partial charge in [0.05, 0.1) is 5.56 Å². The van der Waals surface area contributed by atoms with Crippen LogP contribution in [0.1, 0.15) is 33.6 Å². The first kappa shape index (κ1) is 14.5. The second-order valence-electron chi connectivity index (χ2n) is 5.08. The van der Waals surface area contributed by atoms with E-state index in [1.807, 2.05) is 0 Å². The van der Waals surface area contributed by atoms with Crippen LogP contribution < -0.4 is 0 Å². The Hall–Kier alpha value is -1.88. The van der Waals surface area contributed by atoms with Crippen molar-refractivity contribution in [2.45, 2.75) is 12.8 Å². The van der Waals surface area contributed by atoms with E-state index in [4.69, 9.17) is 9.84 Å². The standard InChI is InChI=1S/C15H19NO4/c1-20-10-11-5-7-16(8-6-11)14(17)12-3-2-4-13(9-12)15(18)19/h2-4,9,11H,5-8,10H2,1H3,(H,18,19). The van der Waals surface area contributed by atoms with Gasteiger partial charge in [0.15, 0.2) is 0 Å². The summed E-state index contributed by atoms with van der Waals surface area (Å²) in [5, 5.41) is 8.96. The first-order chi connectivity index (χ1) is 9.61. The third-order valence-electron chi connectivity index (χ3n) is 3.66. The molecule has 1 saturated heterocycles. The molecule has 1 heterocycles. The molecule has 1 aliphatic heterocycles. The van der Waals surface area contributed by atoms with Crippen molar-refractivity contribution in [3.8, 4) is 0 Å². The van der Waals surface area contributed by atoms with Crippen LogP contribution in [-0.2, 0) is 4.74 Å². The summed E-state index contributed by atoms with van der Waals surface area (Å²) in [5.74, 6) is -0.600. The first-order valence-corrected chi connectivity index (χ1v) is 6.73. The molecule has 1 fully saturated rings. The van der Waals surface area contributed by atoms with Gasteiger partial charge in [0.2, 0.25) is 0 Å². The van der Waals surface area contributed by atoms with Crippen molar-refractivity contribution in [2.75, 3.05) is 26.8 Å². The van der Waals surface area contributed by atoms with Gasteiger partial charge < -0.3 is 14.7 Å². The van der Waals surface area contributed by atoms with Crippen LogP contribution in [0.4, 0.5) is 0 Å². The van der Waals surface area contributed by atoms with Crippen LogP contribution in [0.5, 0.6) is 0 Å². The number of aromatic carboxylic acids is 1. The van der Waals surface area contributed by atoms with Gasteiger partial charge in [-0.1, -0.05) is 6.07 Å². The van der Waals surface area contributed by atoms with Crippen LogP contribution in [0.25, 0.3) is 0 Å². The molecular weight excluding hydrogens is 258 g/mol. The molecule has 0 aliphatic carbocycles. The number of methoxy groups -OCH3 is 1. The first-order valence-electron chi connectivity index (χ1n) is 6.73. The van der Waals surface area contributed by atoms with E-state index in [9.17, 15) is 9.59 Å². The molecule has 5 nitrogen and oxygen atoms in total. The summed E-state index contributed by atoms with van der Waals surface area (Å²) in [6.07, 6.45) is 1.86. The monoisotopic (exact) mass is 277 g/mol. The number of piperidine rings is 1. The van der Waals surface area contributed by atoms with Gasteiger partial charge in [-0.05, 0) is 37.0 Å². The van der Waals surface area contributed by atoms with E-state index < -0.39 is 5.97 Å². The average Bonchev–Trinajstić information content (AvgIpc) is 2.48. The van der Waals surface area contributed by atoms with Crippen LogP contribution >= 0.6 is 0 Å². The summed E-state index contributed by atoms with van der Waals surface area (Å²) < 4.78 is 5.14. The zero-order valence-corrected chi connectivity index (χ0v) is 11.5. The predicted octanol–water partition coefficient (Wildman–Crippen LogP) is 1.88. The van der Waals surface area contributed by atoms with E-state index in [0.29, 0.717) is 24.6 Å². The molecule has 1 amide bonds. The molecular formula is C15H19NO4. The molecule has 1 aromatic carbocycles. The van der Waals surface area contributed by atoms with Crippen LogP contribution in [0.15, 0.2) is 24.3 Å². The summed E-state index contributed by atoms with van der Waals surface area (Å²) >= 11 is 0. The fourth-order valence-corrected chi connectivity index (χ4v) is 2.51. The number of nitrogens with zero attached hydrogens (tertiary/aromatic N) is 1. The van der Waals surface area contributed by atoms with Crippen molar-refractivity contribution in [1.29, 1.82) is 0 Å². The lowest BCUT2D eigenvalue weighted by Gasteiger charge is -2.31. The zero-order chi connectivity index (χ0) is 14.5. The number of hydrogen-bond acceptors (Lipinski definition) is 3. The van der Waals surface area contributed by atoms with Crippen molar-refractivity contribution < 1.29 is 19.4 Å². The van der Waals surface area contributed by atoms with Gasteiger partial charge in [-0.25, -0.2) is 4.79 Å². The minimum Gasteiger partial charge on any atom is -0.478 e. The Morgan fingerprint density at radius 2 is 1.95 bits per heavy atom. The number of carboxylic acid groups (broad SMARTS) is 1. The maximum absolute atomic E-state index is 12.3. The minimum absolute atomic E-state index is 0.0935. The number of amides is 1. The lowest BCUT2D eigenvalue weighted by atomic mass is 9.97. The molecule has 0 saturated carbocycles. The summed E-state index contributed by atoms with van der Waals surface area (Å²) in [7, 11) is 1.69. The van der Waals surface area contributed by atoms with Gasteiger partial charge >= 0.3 is 5.97 Å². The predicted molar refractivity (Wildman–Crippen MR) is 73.9 cm³/mol. The van der Waals surface area contributed by atoms with Crippen LogP contribution in [-0.4, -0.2) is 48.7 Å². The molecule has 0 spiro atoms. The smallest absolute Gasteiger partial charge is 0.335 e. The molecule has 108 valence electrons. The Labute approximate surface area is 118 Å². The quantitative estimate of drug-likeness (QED) is 0.912. The zero-order valence-electron chi connectivity index (χ0n) is 11.5. The van der Waals surface area contributed by atoms with E-state index in [-0.39, 0.29) is 11.5 Å². The maximum Gasteiger partial charge on any atom is 0.335 e. The molecule has 0 atom stereocenters. The second kappa shape index (κ2) is 6.52. The summed E-state index contributed by atoms with van der Waals surface area (Å²) in [5.41, 5.74) is 0.584. The largest absolute Gasteiger partial charge is 0.478 e. The lowest BCUT2D eigenvalue weighted by Crippen LogP contribution is -2.39.